The Bertz CT molecular complexity index is 1100. The maximum atomic E-state index is 11.8. The van der Waals surface area contributed by atoms with E-state index in [0.717, 1.165) is 24.1 Å². The van der Waals surface area contributed by atoms with Crippen LogP contribution in [-0.2, 0) is 12.8 Å². The number of ketones is 1. The zero-order valence-electron chi connectivity index (χ0n) is 16.4. The molecule has 0 atom stereocenters. The van der Waals surface area contributed by atoms with Crippen LogP contribution >= 0.6 is 0 Å². The van der Waals surface area contributed by atoms with E-state index in [0.29, 0.717) is 11.6 Å². The Morgan fingerprint density at radius 2 is 1.79 bits per heavy atom. The number of nitrogens with zero attached hydrogens (tertiary/aromatic N) is 2. The topological polar surface area (TPSA) is 111 Å². The van der Waals surface area contributed by atoms with Gasteiger partial charge in [0, 0.05) is 5.56 Å². The molecule has 0 bridgehead atoms. The van der Waals surface area contributed by atoms with Gasteiger partial charge in [-0.15, -0.1) is 10.2 Å². The Morgan fingerprint density at radius 1 is 1.03 bits per heavy atom. The summed E-state index contributed by atoms with van der Waals surface area (Å²) in [7, 11) is 0. The summed E-state index contributed by atoms with van der Waals surface area (Å²) in [4.78, 5) is 23.7. The minimum Gasteiger partial charge on any atom is -0.444 e. The van der Waals surface area contributed by atoms with E-state index in [1.807, 2.05) is 6.07 Å². The summed E-state index contributed by atoms with van der Waals surface area (Å²) in [6.45, 7) is 2.97. The Balaban J connectivity index is 1.60. The Hall–Kier alpha value is -3.48. The fourth-order valence-corrected chi connectivity index (χ4v) is 3.85. The van der Waals surface area contributed by atoms with Crippen molar-refractivity contribution >= 4 is 23.4 Å². The van der Waals surface area contributed by atoms with Gasteiger partial charge in [-0.1, -0.05) is 12.1 Å². The summed E-state index contributed by atoms with van der Waals surface area (Å²) in [6, 6.07) is 10.0. The number of anilines is 2. The van der Waals surface area contributed by atoms with Crippen molar-refractivity contribution in [2.45, 2.75) is 39.5 Å². The van der Waals surface area contributed by atoms with Crippen molar-refractivity contribution in [3.05, 3.63) is 58.3 Å². The molecule has 3 aromatic rings. The molecule has 1 aliphatic rings. The zero-order valence-corrected chi connectivity index (χ0v) is 16.4. The van der Waals surface area contributed by atoms with E-state index >= 15 is 0 Å². The van der Waals surface area contributed by atoms with Gasteiger partial charge in [-0.25, -0.2) is 0 Å². The van der Waals surface area contributed by atoms with E-state index < -0.39 is 5.91 Å². The Kier molecular flexibility index (Phi) is 4.88. The SMILES string of the molecule is CC(=O)c1c(C)oc(Nc2ccc(-c3ccc4c(c3)CCCC4)nn2)c1C(N)=O. The van der Waals surface area contributed by atoms with Crippen molar-refractivity contribution in [2.24, 2.45) is 5.73 Å². The molecule has 0 aliphatic heterocycles. The lowest BCUT2D eigenvalue weighted by molar-refractivity contribution is 0.0974. The van der Waals surface area contributed by atoms with Crippen LogP contribution in [0.25, 0.3) is 11.3 Å². The van der Waals surface area contributed by atoms with Gasteiger partial charge in [-0.2, -0.15) is 0 Å². The number of rotatable bonds is 5. The molecule has 3 N–H and O–H groups in total. The molecule has 4 rings (SSSR count). The average molecular weight is 390 g/mol. The highest BCUT2D eigenvalue weighted by Gasteiger charge is 2.25. The first kappa shape index (κ1) is 18.9. The third-order valence-corrected chi connectivity index (χ3v) is 5.23. The number of carbonyl (C=O) groups is 2. The highest BCUT2D eigenvalue weighted by molar-refractivity contribution is 6.10. The number of nitrogens with two attached hydrogens (primary N) is 1. The number of hydrogen-bond donors (Lipinski definition) is 2. The van der Waals surface area contributed by atoms with Gasteiger partial charge in [-0.05, 0) is 68.9 Å². The van der Waals surface area contributed by atoms with Gasteiger partial charge < -0.3 is 15.5 Å². The molecule has 2 heterocycles. The first-order chi connectivity index (χ1) is 13.9. The summed E-state index contributed by atoms with van der Waals surface area (Å²) in [5.74, 6) is -0.225. The minimum atomic E-state index is -0.742. The van der Waals surface area contributed by atoms with Crippen molar-refractivity contribution in [1.29, 1.82) is 0 Å². The minimum absolute atomic E-state index is 0.0237. The molecular formula is C22H22N4O3. The van der Waals surface area contributed by atoms with Crippen LogP contribution in [-0.4, -0.2) is 21.9 Å². The van der Waals surface area contributed by atoms with Crippen LogP contribution in [0.5, 0.6) is 0 Å². The van der Waals surface area contributed by atoms with Crippen molar-refractivity contribution in [2.75, 3.05) is 5.32 Å². The van der Waals surface area contributed by atoms with Gasteiger partial charge in [0.1, 0.15) is 11.3 Å². The monoisotopic (exact) mass is 390 g/mol. The number of hydrogen-bond acceptors (Lipinski definition) is 6. The Morgan fingerprint density at radius 3 is 2.45 bits per heavy atom. The van der Waals surface area contributed by atoms with Gasteiger partial charge in [0.2, 0.25) is 5.88 Å². The van der Waals surface area contributed by atoms with Gasteiger partial charge in [0.15, 0.2) is 11.6 Å². The van der Waals surface area contributed by atoms with Gasteiger partial charge in [0.05, 0.1) is 11.3 Å². The number of aromatic nitrogens is 2. The van der Waals surface area contributed by atoms with Crippen molar-refractivity contribution in [3.63, 3.8) is 0 Å². The summed E-state index contributed by atoms with van der Waals surface area (Å²) in [5.41, 5.74) is 10.2. The molecule has 1 amide bonds. The van der Waals surface area contributed by atoms with Crippen molar-refractivity contribution < 1.29 is 14.0 Å². The second-order valence-corrected chi connectivity index (χ2v) is 7.28. The number of fused-ring (bicyclic) bond motifs is 1. The number of aryl methyl sites for hydroxylation is 3. The lowest BCUT2D eigenvalue weighted by Gasteiger charge is -2.16. The van der Waals surface area contributed by atoms with E-state index in [-0.39, 0.29) is 22.8 Å². The maximum Gasteiger partial charge on any atom is 0.255 e. The molecular weight excluding hydrogens is 368 g/mol. The first-order valence-electron chi connectivity index (χ1n) is 9.61. The van der Waals surface area contributed by atoms with Crippen LogP contribution < -0.4 is 11.1 Å². The van der Waals surface area contributed by atoms with Crippen molar-refractivity contribution in [3.8, 4) is 11.3 Å². The largest absolute Gasteiger partial charge is 0.444 e. The molecule has 29 heavy (non-hydrogen) atoms. The van der Waals surface area contributed by atoms with E-state index in [9.17, 15) is 9.59 Å². The molecule has 0 saturated heterocycles. The van der Waals surface area contributed by atoms with Crippen molar-refractivity contribution in [1.82, 2.24) is 10.2 Å². The molecule has 0 radical (unpaired) electrons. The van der Waals surface area contributed by atoms with E-state index in [4.69, 9.17) is 10.2 Å². The number of carbonyl (C=O) groups excluding carboxylic acids is 2. The second-order valence-electron chi connectivity index (χ2n) is 7.28. The highest BCUT2D eigenvalue weighted by atomic mass is 16.4. The van der Waals surface area contributed by atoms with Gasteiger partial charge in [0.25, 0.3) is 5.91 Å². The van der Waals surface area contributed by atoms with Crippen LogP contribution in [0.2, 0.25) is 0 Å². The molecule has 7 heteroatoms. The standard InChI is InChI=1S/C22H22N4O3/c1-12(27)19-13(2)29-22(20(19)21(23)28)24-18-10-9-17(25-26-18)16-8-7-14-5-3-4-6-15(14)11-16/h7-11H,3-6H2,1-2H3,(H2,23,28)(H,24,26). The number of amides is 1. The molecule has 148 valence electrons. The summed E-state index contributed by atoms with van der Waals surface area (Å²) in [6.07, 6.45) is 4.70. The van der Waals surface area contributed by atoms with E-state index in [1.165, 1.54) is 30.9 Å². The zero-order chi connectivity index (χ0) is 20.5. The average Bonchev–Trinajstić information content (AvgIpc) is 3.04. The molecule has 2 aromatic heterocycles. The summed E-state index contributed by atoms with van der Waals surface area (Å²) in [5, 5.41) is 11.4. The molecule has 1 aromatic carbocycles. The maximum absolute atomic E-state index is 11.8. The molecule has 0 saturated carbocycles. The third kappa shape index (κ3) is 3.63. The predicted molar refractivity (Wildman–Crippen MR) is 109 cm³/mol. The fraction of sp³-hybridized carbons (Fsp3) is 0.273. The predicted octanol–water partition coefficient (Wildman–Crippen LogP) is 3.97. The van der Waals surface area contributed by atoms with Crippen LogP contribution in [0.1, 0.15) is 57.4 Å². The molecule has 7 nitrogen and oxygen atoms in total. The van der Waals surface area contributed by atoms with Gasteiger partial charge in [-0.3, -0.25) is 9.59 Å². The third-order valence-electron chi connectivity index (χ3n) is 5.23. The fourth-order valence-electron chi connectivity index (χ4n) is 3.85. The first-order valence-corrected chi connectivity index (χ1v) is 9.61. The lowest BCUT2D eigenvalue weighted by atomic mass is 9.90. The number of benzene rings is 1. The van der Waals surface area contributed by atoms with Crippen LogP contribution in [0, 0.1) is 6.92 Å². The molecule has 0 unspecified atom stereocenters. The summed E-state index contributed by atoms with van der Waals surface area (Å²) < 4.78 is 5.55. The normalized spacial score (nSPS) is 13.0. The summed E-state index contributed by atoms with van der Waals surface area (Å²) >= 11 is 0. The number of Topliss-reactive ketones (excluding diaryl/α,β-unsaturated/α-hetero) is 1. The van der Waals surface area contributed by atoms with E-state index in [2.05, 4.69) is 33.7 Å². The number of nitrogens with one attached hydrogen (secondary N) is 1. The highest BCUT2D eigenvalue weighted by Crippen LogP contribution is 2.30. The Labute approximate surface area is 168 Å². The smallest absolute Gasteiger partial charge is 0.255 e. The second kappa shape index (κ2) is 7.50. The molecule has 0 spiro atoms. The van der Waals surface area contributed by atoms with Gasteiger partial charge >= 0.3 is 0 Å². The van der Waals surface area contributed by atoms with Crippen LogP contribution in [0.4, 0.5) is 11.7 Å². The lowest BCUT2D eigenvalue weighted by Crippen LogP contribution is -2.16. The molecule has 1 aliphatic carbocycles. The quantitative estimate of drug-likeness (QED) is 0.638. The number of primary amides is 1. The molecule has 0 fully saturated rings. The van der Waals surface area contributed by atoms with E-state index in [1.54, 1.807) is 13.0 Å². The van der Waals surface area contributed by atoms with Crippen LogP contribution in [0.3, 0.4) is 0 Å². The van der Waals surface area contributed by atoms with Crippen LogP contribution in [0.15, 0.2) is 34.7 Å². The number of furan rings is 1.